The Morgan fingerprint density at radius 2 is 2.11 bits per heavy atom. The van der Waals surface area contributed by atoms with Crippen LogP contribution in [0.15, 0.2) is 0 Å². The number of methoxy groups -OCH3 is 1. The summed E-state index contributed by atoms with van der Waals surface area (Å²) in [4.78, 5) is 24.5. The van der Waals surface area contributed by atoms with Gasteiger partial charge < -0.3 is 15.2 Å². The largest absolute Gasteiger partial charge is 0.480 e. The van der Waals surface area contributed by atoms with Crippen LogP contribution in [0.25, 0.3) is 0 Å². The summed E-state index contributed by atoms with van der Waals surface area (Å²) < 4.78 is 4.72. The highest BCUT2D eigenvalue weighted by atomic mass is 35.5. The van der Waals surface area contributed by atoms with Crippen molar-refractivity contribution >= 4 is 24.3 Å². The predicted octanol–water partition coefficient (Wildman–Crippen LogP) is -0.0342. The SMILES string of the molecule is COC(=O)C(C)(C)CN1CCNCC1C(=O)O.Cl. The molecule has 0 spiro atoms. The van der Waals surface area contributed by atoms with Crippen molar-refractivity contribution in [3.8, 4) is 0 Å². The zero-order chi connectivity index (χ0) is 13.1. The third kappa shape index (κ3) is 4.12. The Labute approximate surface area is 113 Å². The molecule has 1 unspecified atom stereocenters. The zero-order valence-electron chi connectivity index (χ0n) is 10.9. The Kier molecular flexibility index (Phi) is 6.59. The lowest BCUT2D eigenvalue weighted by Crippen LogP contribution is -2.57. The first-order chi connectivity index (χ1) is 7.88. The summed E-state index contributed by atoms with van der Waals surface area (Å²) in [5.74, 6) is -1.18. The van der Waals surface area contributed by atoms with Crippen molar-refractivity contribution in [3.63, 3.8) is 0 Å². The molecule has 1 atom stereocenters. The first-order valence-electron chi connectivity index (χ1n) is 5.64. The van der Waals surface area contributed by atoms with E-state index in [-0.39, 0.29) is 18.4 Å². The first kappa shape index (κ1) is 17.2. The van der Waals surface area contributed by atoms with Crippen LogP contribution in [-0.2, 0) is 14.3 Å². The second kappa shape index (κ2) is 6.92. The highest BCUT2D eigenvalue weighted by molar-refractivity contribution is 5.85. The standard InChI is InChI=1S/C11H20N2O4.ClH/c1-11(2,10(16)17-3)7-13-5-4-12-6-8(13)9(14)15;/h8,12H,4-7H2,1-3H3,(H,14,15);1H. The molecule has 0 aromatic heterocycles. The van der Waals surface area contributed by atoms with Crippen molar-refractivity contribution in [3.05, 3.63) is 0 Å². The van der Waals surface area contributed by atoms with Crippen LogP contribution in [0.2, 0.25) is 0 Å². The smallest absolute Gasteiger partial charge is 0.322 e. The van der Waals surface area contributed by atoms with Crippen LogP contribution in [0.4, 0.5) is 0 Å². The number of nitrogens with one attached hydrogen (secondary N) is 1. The van der Waals surface area contributed by atoms with Crippen LogP contribution in [0.3, 0.4) is 0 Å². The number of rotatable bonds is 4. The molecule has 1 heterocycles. The van der Waals surface area contributed by atoms with Crippen LogP contribution >= 0.6 is 12.4 Å². The van der Waals surface area contributed by atoms with Crippen LogP contribution < -0.4 is 5.32 Å². The molecule has 1 aliphatic rings. The van der Waals surface area contributed by atoms with Gasteiger partial charge in [0.05, 0.1) is 12.5 Å². The maximum atomic E-state index is 11.6. The van der Waals surface area contributed by atoms with Gasteiger partial charge in [0.2, 0.25) is 0 Å². The topological polar surface area (TPSA) is 78.9 Å². The summed E-state index contributed by atoms with van der Waals surface area (Å²) in [7, 11) is 1.34. The fourth-order valence-corrected chi connectivity index (χ4v) is 2.03. The minimum absolute atomic E-state index is 0. The molecule has 7 heteroatoms. The van der Waals surface area contributed by atoms with Gasteiger partial charge in [-0.05, 0) is 13.8 Å². The Balaban J connectivity index is 0.00000289. The van der Waals surface area contributed by atoms with Gasteiger partial charge in [0.25, 0.3) is 0 Å². The second-order valence-corrected chi connectivity index (χ2v) is 4.90. The number of hydrogen-bond acceptors (Lipinski definition) is 5. The van der Waals surface area contributed by atoms with E-state index in [1.165, 1.54) is 7.11 Å². The summed E-state index contributed by atoms with van der Waals surface area (Å²) in [6, 6.07) is -0.576. The maximum Gasteiger partial charge on any atom is 0.322 e. The average Bonchev–Trinajstić information content (AvgIpc) is 2.27. The molecule has 0 bridgehead atoms. The van der Waals surface area contributed by atoms with Gasteiger partial charge >= 0.3 is 11.9 Å². The molecule has 2 N–H and O–H groups in total. The summed E-state index contributed by atoms with van der Waals surface area (Å²) in [6.07, 6.45) is 0. The molecule has 0 saturated carbocycles. The first-order valence-corrected chi connectivity index (χ1v) is 5.64. The van der Waals surface area contributed by atoms with Gasteiger partial charge in [-0.2, -0.15) is 0 Å². The molecule has 1 saturated heterocycles. The Hall–Kier alpha value is -0.850. The molecule has 1 fully saturated rings. The van der Waals surface area contributed by atoms with Crippen molar-refractivity contribution in [1.82, 2.24) is 10.2 Å². The number of halogens is 1. The Morgan fingerprint density at radius 3 is 2.61 bits per heavy atom. The quantitative estimate of drug-likeness (QED) is 0.704. The number of ether oxygens (including phenoxy) is 1. The number of carbonyl (C=O) groups is 2. The van der Waals surface area contributed by atoms with Crippen LogP contribution in [0.1, 0.15) is 13.8 Å². The average molecular weight is 281 g/mol. The third-order valence-corrected chi connectivity index (χ3v) is 2.98. The van der Waals surface area contributed by atoms with Crippen molar-refractivity contribution < 1.29 is 19.4 Å². The predicted molar refractivity (Wildman–Crippen MR) is 68.9 cm³/mol. The molecular formula is C11H21ClN2O4. The van der Waals surface area contributed by atoms with E-state index in [2.05, 4.69) is 5.32 Å². The van der Waals surface area contributed by atoms with E-state index >= 15 is 0 Å². The van der Waals surface area contributed by atoms with Gasteiger partial charge in [-0.3, -0.25) is 14.5 Å². The molecule has 18 heavy (non-hydrogen) atoms. The molecule has 0 aromatic carbocycles. The number of esters is 1. The molecule has 6 nitrogen and oxygen atoms in total. The minimum Gasteiger partial charge on any atom is -0.480 e. The van der Waals surface area contributed by atoms with Gasteiger partial charge in [0, 0.05) is 26.2 Å². The van der Waals surface area contributed by atoms with Gasteiger partial charge in [-0.1, -0.05) is 0 Å². The number of carboxylic acid groups (broad SMARTS) is 1. The lowest BCUT2D eigenvalue weighted by atomic mass is 9.92. The highest BCUT2D eigenvalue weighted by Crippen LogP contribution is 2.21. The third-order valence-electron chi connectivity index (χ3n) is 2.98. The summed E-state index contributed by atoms with van der Waals surface area (Å²) in [5.41, 5.74) is -0.695. The number of aliphatic carboxylic acids is 1. The highest BCUT2D eigenvalue weighted by Gasteiger charge is 2.36. The molecule has 106 valence electrons. The molecule has 1 rings (SSSR count). The van der Waals surface area contributed by atoms with E-state index in [0.29, 0.717) is 19.6 Å². The zero-order valence-corrected chi connectivity index (χ0v) is 11.7. The van der Waals surface area contributed by atoms with Crippen LogP contribution in [0, 0.1) is 5.41 Å². The lowest BCUT2D eigenvalue weighted by molar-refractivity contribution is -0.155. The number of hydrogen-bond donors (Lipinski definition) is 2. The minimum atomic E-state index is -0.863. The Bertz CT molecular complexity index is 309. The van der Waals surface area contributed by atoms with Crippen molar-refractivity contribution in [2.45, 2.75) is 19.9 Å². The summed E-state index contributed by atoms with van der Waals surface area (Å²) >= 11 is 0. The van der Waals surface area contributed by atoms with E-state index in [4.69, 9.17) is 9.84 Å². The fourth-order valence-electron chi connectivity index (χ4n) is 2.03. The Morgan fingerprint density at radius 1 is 1.50 bits per heavy atom. The maximum absolute atomic E-state index is 11.6. The number of carboxylic acids is 1. The van der Waals surface area contributed by atoms with Gasteiger partial charge in [-0.25, -0.2) is 0 Å². The van der Waals surface area contributed by atoms with E-state index in [9.17, 15) is 9.59 Å². The number of piperazine rings is 1. The fraction of sp³-hybridized carbons (Fsp3) is 0.818. The summed E-state index contributed by atoms with van der Waals surface area (Å²) in [5, 5.41) is 12.1. The van der Waals surface area contributed by atoms with E-state index in [0.717, 1.165) is 6.54 Å². The molecule has 1 aliphatic heterocycles. The van der Waals surface area contributed by atoms with E-state index in [1.54, 1.807) is 13.8 Å². The summed E-state index contributed by atoms with van der Waals surface area (Å²) in [6.45, 7) is 5.68. The van der Waals surface area contributed by atoms with Gasteiger partial charge in [0.15, 0.2) is 0 Å². The van der Waals surface area contributed by atoms with Crippen LogP contribution in [0.5, 0.6) is 0 Å². The molecule has 0 aromatic rings. The van der Waals surface area contributed by atoms with Crippen molar-refractivity contribution in [2.75, 3.05) is 33.3 Å². The molecular weight excluding hydrogens is 260 g/mol. The van der Waals surface area contributed by atoms with E-state index in [1.807, 2.05) is 4.90 Å². The van der Waals surface area contributed by atoms with Gasteiger partial charge in [-0.15, -0.1) is 12.4 Å². The number of nitrogens with zero attached hydrogens (tertiary/aromatic N) is 1. The van der Waals surface area contributed by atoms with Crippen molar-refractivity contribution in [1.29, 1.82) is 0 Å². The molecule has 0 amide bonds. The second-order valence-electron chi connectivity index (χ2n) is 4.90. The van der Waals surface area contributed by atoms with Crippen LogP contribution in [-0.4, -0.2) is 61.3 Å². The normalized spacial score (nSPS) is 20.9. The molecule has 0 aliphatic carbocycles. The lowest BCUT2D eigenvalue weighted by Gasteiger charge is -2.37. The van der Waals surface area contributed by atoms with Crippen molar-refractivity contribution in [2.24, 2.45) is 5.41 Å². The van der Waals surface area contributed by atoms with Gasteiger partial charge in [0.1, 0.15) is 6.04 Å². The number of carbonyl (C=O) groups excluding carboxylic acids is 1. The monoisotopic (exact) mass is 280 g/mol. The van der Waals surface area contributed by atoms with E-state index < -0.39 is 17.4 Å². The molecule has 0 radical (unpaired) electrons.